The standard InChI is InChI=1S/C14H23NO3/c1-3-4-5-6-10(2)15-9-11-7-8-12(16)14(18)13(11)17/h7-8,10,15-18H,3-6,9H2,1-2H3. The first-order valence-electron chi connectivity index (χ1n) is 6.52. The third-order valence-corrected chi connectivity index (χ3v) is 3.10. The highest BCUT2D eigenvalue weighted by atomic mass is 16.3. The van der Waals surface area contributed by atoms with E-state index in [1.54, 1.807) is 6.07 Å². The smallest absolute Gasteiger partial charge is 0.200 e. The predicted octanol–water partition coefficient (Wildman–Crippen LogP) is 2.86. The van der Waals surface area contributed by atoms with Gasteiger partial charge in [0.05, 0.1) is 0 Å². The molecule has 18 heavy (non-hydrogen) atoms. The quantitative estimate of drug-likeness (QED) is 0.445. The van der Waals surface area contributed by atoms with E-state index in [0.717, 1.165) is 6.42 Å². The van der Waals surface area contributed by atoms with E-state index in [4.69, 9.17) is 0 Å². The van der Waals surface area contributed by atoms with Crippen LogP contribution in [0.5, 0.6) is 17.2 Å². The fourth-order valence-electron chi connectivity index (χ4n) is 1.84. The molecule has 0 aliphatic rings. The molecule has 1 aromatic rings. The van der Waals surface area contributed by atoms with Crippen LogP contribution in [0.15, 0.2) is 12.1 Å². The molecule has 0 aliphatic heterocycles. The van der Waals surface area contributed by atoms with Gasteiger partial charge in [0.25, 0.3) is 0 Å². The molecule has 0 aliphatic carbocycles. The first kappa shape index (κ1) is 14.6. The van der Waals surface area contributed by atoms with Crippen LogP contribution in [0.4, 0.5) is 0 Å². The molecule has 0 saturated heterocycles. The fourth-order valence-corrected chi connectivity index (χ4v) is 1.84. The summed E-state index contributed by atoms with van der Waals surface area (Å²) in [6.07, 6.45) is 4.73. The predicted molar refractivity (Wildman–Crippen MR) is 71.9 cm³/mol. The van der Waals surface area contributed by atoms with Crippen molar-refractivity contribution in [2.45, 2.75) is 52.1 Å². The van der Waals surface area contributed by atoms with Crippen molar-refractivity contribution in [2.24, 2.45) is 0 Å². The Kier molecular flexibility index (Phi) is 5.78. The van der Waals surface area contributed by atoms with E-state index in [1.807, 2.05) is 0 Å². The maximum atomic E-state index is 9.66. The number of rotatable bonds is 7. The van der Waals surface area contributed by atoms with Gasteiger partial charge >= 0.3 is 0 Å². The summed E-state index contributed by atoms with van der Waals surface area (Å²) in [4.78, 5) is 0. The minimum Gasteiger partial charge on any atom is -0.504 e. The summed E-state index contributed by atoms with van der Waals surface area (Å²) >= 11 is 0. The maximum absolute atomic E-state index is 9.66. The molecule has 0 aromatic heterocycles. The molecular formula is C14H23NO3. The topological polar surface area (TPSA) is 72.7 Å². The van der Waals surface area contributed by atoms with Gasteiger partial charge in [-0.05, 0) is 19.4 Å². The molecule has 102 valence electrons. The number of benzene rings is 1. The molecular weight excluding hydrogens is 230 g/mol. The Morgan fingerprint density at radius 2 is 1.83 bits per heavy atom. The lowest BCUT2D eigenvalue weighted by Crippen LogP contribution is -2.25. The molecule has 0 amide bonds. The van der Waals surface area contributed by atoms with Gasteiger partial charge in [-0.15, -0.1) is 0 Å². The Morgan fingerprint density at radius 3 is 2.50 bits per heavy atom. The summed E-state index contributed by atoms with van der Waals surface area (Å²) in [5, 5.41) is 31.6. The Labute approximate surface area is 108 Å². The molecule has 4 heteroatoms. The monoisotopic (exact) mass is 253 g/mol. The molecule has 0 radical (unpaired) electrons. The molecule has 4 nitrogen and oxygen atoms in total. The van der Waals surface area contributed by atoms with E-state index in [-0.39, 0.29) is 11.5 Å². The first-order chi connectivity index (χ1) is 8.56. The van der Waals surface area contributed by atoms with Crippen LogP contribution >= 0.6 is 0 Å². The molecule has 1 aromatic carbocycles. The molecule has 1 atom stereocenters. The van der Waals surface area contributed by atoms with Crippen LogP contribution in [0, 0.1) is 0 Å². The van der Waals surface area contributed by atoms with Gasteiger partial charge in [-0.2, -0.15) is 0 Å². The van der Waals surface area contributed by atoms with E-state index in [0.29, 0.717) is 18.2 Å². The van der Waals surface area contributed by atoms with E-state index < -0.39 is 5.75 Å². The number of phenolic OH excluding ortho intramolecular Hbond substituents is 3. The molecule has 0 spiro atoms. The highest BCUT2D eigenvalue weighted by Gasteiger charge is 2.11. The third-order valence-electron chi connectivity index (χ3n) is 3.10. The zero-order valence-corrected chi connectivity index (χ0v) is 11.1. The minimum atomic E-state index is -0.451. The van der Waals surface area contributed by atoms with Crippen molar-refractivity contribution in [3.05, 3.63) is 17.7 Å². The molecule has 0 heterocycles. The van der Waals surface area contributed by atoms with Crippen molar-refractivity contribution in [1.29, 1.82) is 0 Å². The largest absolute Gasteiger partial charge is 0.504 e. The molecule has 0 saturated carbocycles. The summed E-state index contributed by atoms with van der Waals surface area (Å²) in [6.45, 7) is 4.76. The van der Waals surface area contributed by atoms with Crippen molar-refractivity contribution in [2.75, 3.05) is 0 Å². The maximum Gasteiger partial charge on any atom is 0.200 e. The average molecular weight is 253 g/mol. The molecule has 0 fully saturated rings. The Hall–Kier alpha value is -1.42. The number of aromatic hydroxyl groups is 3. The van der Waals surface area contributed by atoms with Gasteiger partial charge < -0.3 is 20.6 Å². The van der Waals surface area contributed by atoms with Gasteiger partial charge in [-0.3, -0.25) is 0 Å². The van der Waals surface area contributed by atoms with Gasteiger partial charge in [-0.1, -0.05) is 32.3 Å². The molecule has 1 rings (SSSR count). The van der Waals surface area contributed by atoms with Crippen molar-refractivity contribution in [1.82, 2.24) is 5.32 Å². The van der Waals surface area contributed by atoms with Crippen LogP contribution in [-0.2, 0) is 6.54 Å². The second-order valence-corrected chi connectivity index (χ2v) is 4.72. The van der Waals surface area contributed by atoms with Crippen LogP contribution in [0.3, 0.4) is 0 Å². The Balaban J connectivity index is 2.46. The van der Waals surface area contributed by atoms with E-state index in [9.17, 15) is 15.3 Å². The van der Waals surface area contributed by atoms with Crippen LogP contribution in [-0.4, -0.2) is 21.4 Å². The molecule has 1 unspecified atom stereocenters. The van der Waals surface area contributed by atoms with Crippen LogP contribution in [0.2, 0.25) is 0 Å². The number of phenols is 3. The van der Waals surface area contributed by atoms with Crippen LogP contribution in [0.25, 0.3) is 0 Å². The highest BCUT2D eigenvalue weighted by Crippen LogP contribution is 2.36. The van der Waals surface area contributed by atoms with Crippen molar-refractivity contribution < 1.29 is 15.3 Å². The third kappa shape index (κ3) is 4.11. The van der Waals surface area contributed by atoms with Crippen LogP contribution in [0.1, 0.15) is 45.1 Å². The van der Waals surface area contributed by atoms with Crippen molar-refractivity contribution >= 4 is 0 Å². The number of hydrogen-bond donors (Lipinski definition) is 4. The zero-order chi connectivity index (χ0) is 13.5. The first-order valence-corrected chi connectivity index (χ1v) is 6.52. The number of hydrogen-bond acceptors (Lipinski definition) is 4. The fraction of sp³-hybridized carbons (Fsp3) is 0.571. The number of nitrogens with one attached hydrogen (secondary N) is 1. The average Bonchev–Trinajstić information content (AvgIpc) is 2.35. The summed E-state index contributed by atoms with van der Waals surface area (Å²) in [6, 6.07) is 3.36. The lowest BCUT2D eigenvalue weighted by molar-refractivity contribution is 0.363. The van der Waals surface area contributed by atoms with Gasteiger partial charge in [-0.25, -0.2) is 0 Å². The van der Waals surface area contributed by atoms with E-state index in [2.05, 4.69) is 19.2 Å². The van der Waals surface area contributed by atoms with E-state index >= 15 is 0 Å². The lowest BCUT2D eigenvalue weighted by atomic mass is 10.1. The summed E-state index contributed by atoms with van der Waals surface area (Å²) in [5.74, 6) is -0.997. The van der Waals surface area contributed by atoms with Crippen LogP contribution < -0.4 is 5.32 Å². The Bertz CT molecular complexity index is 380. The zero-order valence-electron chi connectivity index (χ0n) is 11.1. The summed E-state index contributed by atoms with van der Waals surface area (Å²) in [7, 11) is 0. The highest BCUT2D eigenvalue weighted by molar-refractivity contribution is 5.52. The second-order valence-electron chi connectivity index (χ2n) is 4.72. The van der Waals surface area contributed by atoms with Crippen molar-refractivity contribution in [3.8, 4) is 17.2 Å². The van der Waals surface area contributed by atoms with Crippen molar-refractivity contribution in [3.63, 3.8) is 0 Å². The van der Waals surface area contributed by atoms with Gasteiger partial charge in [0.2, 0.25) is 5.75 Å². The van der Waals surface area contributed by atoms with E-state index in [1.165, 1.54) is 25.3 Å². The second kappa shape index (κ2) is 7.11. The molecule has 0 bridgehead atoms. The number of unbranched alkanes of at least 4 members (excludes halogenated alkanes) is 2. The summed E-state index contributed by atoms with van der Waals surface area (Å²) < 4.78 is 0. The van der Waals surface area contributed by atoms with Gasteiger partial charge in [0.15, 0.2) is 11.5 Å². The Morgan fingerprint density at radius 1 is 1.11 bits per heavy atom. The lowest BCUT2D eigenvalue weighted by Gasteiger charge is -2.14. The van der Waals surface area contributed by atoms with Gasteiger partial charge in [0, 0.05) is 18.2 Å². The normalized spacial score (nSPS) is 12.6. The molecule has 4 N–H and O–H groups in total. The van der Waals surface area contributed by atoms with Gasteiger partial charge in [0.1, 0.15) is 0 Å². The SMILES string of the molecule is CCCCCC(C)NCc1ccc(O)c(O)c1O. The summed E-state index contributed by atoms with van der Waals surface area (Å²) in [5.41, 5.74) is 0.590. The minimum absolute atomic E-state index is 0.247.